The topological polar surface area (TPSA) is 55.6 Å². The van der Waals surface area contributed by atoms with Crippen LogP contribution in [0.25, 0.3) is 0 Å². The summed E-state index contributed by atoms with van der Waals surface area (Å²) in [6.45, 7) is 1.22. The molecule has 70 valence electrons. The molecule has 0 N–H and O–H groups in total. The largest absolute Gasteiger partial charge is 0.438 e. The van der Waals surface area contributed by atoms with E-state index in [1.807, 2.05) is 0 Å². The summed E-state index contributed by atoms with van der Waals surface area (Å²) in [7, 11) is 0. The van der Waals surface area contributed by atoms with Crippen LogP contribution in [0.1, 0.15) is 23.4 Å². The van der Waals surface area contributed by atoms with Gasteiger partial charge in [-0.25, -0.2) is 10.0 Å². The molecule has 0 radical (unpaired) electrons. The second kappa shape index (κ2) is 3.57. The summed E-state index contributed by atoms with van der Waals surface area (Å²) in [6, 6.07) is 0. The van der Waals surface area contributed by atoms with E-state index in [2.05, 4.69) is 4.98 Å². The Morgan fingerprint density at radius 3 is 3.08 bits per heavy atom. The number of hydroxylamine groups is 2. The van der Waals surface area contributed by atoms with Crippen molar-refractivity contribution in [2.75, 3.05) is 13.2 Å². The molecular formula is C8H10N2O3. The van der Waals surface area contributed by atoms with E-state index >= 15 is 0 Å². The summed E-state index contributed by atoms with van der Waals surface area (Å²) in [5.74, 6) is -0.0286. The van der Waals surface area contributed by atoms with E-state index in [1.165, 1.54) is 17.7 Å². The minimum absolute atomic E-state index is 0.224. The van der Waals surface area contributed by atoms with E-state index in [-0.39, 0.29) is 11.7 Å². The number of nitrogens with zero attached hydrogens (tertiary/aromatic N) is 2. The normalized spacial score (nSPS) is 17.4. The lowest BCUT2D eigenvalue weighted by molar-refractivity contribution is -0.145. The summed E-state index contributed by atoms with van der Waals surface area (Å²) in [6.07, 6.45) is 4.59. The first kappa shape index (κ1) is 8.25. The van der Waals surface area contributed by atoms with E-state index in [4.69, 9.17) is 9.25 Å². The van der Waals surface area contributed by atoms with Crippen molar-refractivity contribution in [2.45, 2.75) is 12.8 Å². The molecule has 0 aromatic carbocycles. The molecule has 1 aliphatic heterocycles. The van der Waals surface area contributed by atoms with Crippen LogP contribution in [0.4, 0.5) is 0 Å². The molecule has 0 bridgehead atoms. The molecule has 1 aromatic heterocycles. The van der Waals surface area contributed by atoms with Gasteiger partial charge in [0.25, 0.3) is 0 Å². The Balaban J connectivity index is 2.04. The molecule has 1 fully saturated rings. The smallest absolute Gasteiger partial charge is 0.314 e. The molecule has 2 heterocycles. The molecule has 1 saturated heterocycles. The first-order valence-corrected chi connectivity index (χ1v) is 4.21. The zero-order valence-electron chi connectivity index (χ0n) is 7.10. The lowest BCUT2D eigenvalue weighted by Crippen LogP contribution is -2.35. The van der Waals surface area contributed by atoms with Crippen LogP contribution in [0.15, 0.2) is 17.0 Å². The van der Waals surface area contributed by atoms with Crippen LogP contribution in [0.5, 0.6) is 0 Å². The summed E-state index contributed by atoms with van der Waals surface area (Å²) in [5, 5.41) is 1.32. The van der Waals surface area contributed by atoms with Crippen molar-refractivity contribution in [1.82, 2.24) is 10.0 Å². The fourth-order valence-corrected chi connectivity index (χ4v) is 1.20. The van der Waals surface area contributed by atoms with Crippen LogP contribution in [0.2, 0.25) is 0 Å². The van der Waals surface area contributed by atoms with Gasteiger partial charge in [0.05, 0.1) is 12.8 Å². The number of hydrogen-bond acceptors (Lipinski definition) is 4. The lowest BCUT2D eigenvalue weighted by atomic mass is 10.3. The molecule has 2 rings (SSSR count). The highest BCUT2D eigenvalue weighted by Crippen LogP contribution is 2.10. The maximum Gasteiger partial charge on any atom is 0.314 e. The molecule has 0 aliphatic carbocycles. The highest BCUT2D eigenvalue weighted by atomic mass is 16.7. The van der Waals surface area contributed by atoms with Crippen molar-refractivity contribution < 1.29 is 14.0 Å². The van der Waals surface area contributed by atoms with Crippen LogP contribution in [-0.4, -0.2) is 29.1 Å². The number of oxazole rings is 1. The number of rotatable bonds is 1. The highest BCUT2D eigenvalue weighted by molar-refractivity contribution is 5.90. The highest BCUT2D eigenvalue weighted by Gasteiger charge is 2.21. The number of aromatic nitrogens is 1. The van der Waals surface area contributed by atoms with Gasteiger partial charge in [-0.2, -0.15) is 0 Å². The molecule has 5 nitrogen and oxygen atoms in total. The molecular weight excluding hydrogens is 172 g/mol. The van der Waals surface area contributed by atoms with Gasteiger partial charge in [0.2, 0.25) is 5.76 Å². The summed E-state index contributed by atoms with van der Waals surface area (Å²) >= 11 is 0. The van der Waals surface area contributed by atoms with Crippen molar-refractivity contribution in [3.05, 3.63) is 18.4 Å². The van der Waals surface area contributed by atoms with Crippen molar-refractivity contribution in [2.24, 2.45) is 0 Å². The fourth-order valence-electron chi connectivity index (χ4n) is 1.20. The summed E-state index contributed by atoms with van der Waals surface area (Å²) in [4.78, 5) is 20.4. The third-order valence-corrected chi connectivity index (χ3v) is 1.87. The molecule has 1 aliphatic rings. The van der Waals surface area contributed by atoms with Crippen LogP contribution >= 0.6 is 0 Å². The first-order valence-electron chi connectivity index (χ1n) is 4.21. The third-order valence-electron chi connectivity index (χ3n) is 1.87. The average Bonchev–Trinajstić information content (AvgIpc) is 2.71. The zero-order chi connectivity index (χ0) is 9.10. The van der Waals surface area contributed by atoms with Gasteiger partial charge in [-0.3, -0.25) is 9.63 Å². The van der Waals surface area contributed by atoms with Gasteiger partial charge < -0.3 is 4.42 Å². The SMILES string of the molecule is O=C(c1cnco1)N1CCCCO1. The van der Waals surface area contributed by atoms with E-state index in [9.17, 15) is 4.79 Å². The monoisotopic (exact) mass is 182 g/mol. The Bertz CT molecular complexity index is 278. The Labute approximate surface area is 75.3 Å². The zero-order valence-corrected chi connectivity index (χ0v) is 7.10. The molecule has 1 amide bonds. The maximum atomic E-state index is 11.5. The van der Waals surface area contributed by atoms with E-state index < -0.39 is 0 Å². The van der Waals surface area contributed by atoms with E-state index in [0.29, 0.717) is 13.2 Å². The maximum absolute atomic E-state index is 11.5. The second-order valence-corrected chi connectivity index (χ2v) is 2.81. The average molecular weight is 182 g/mol. The summed E-state index contributed by atoms with van der Waals surface area (Å²) in [5.41, 5.74) is 0. The van der Waals surface area contributed by atoms with Gasteiger partial charge in [-0.1, -0.05) is 0 Å². The predicted octanol–water partition coefficient (Wildman–Crippen LogP) is 0.842. The molecule has 1 aromatic rings. The van der Waals surface area contributed by atoms with Gasteiger partial charge in [-0.05, 0) is 12.8 Å². The van der Waals surface area contributed by atoms with Gasteiger partial charge in [0.15, 0.2) is 6.39 Å². The Morgan fingerprint density at radius 2 is 2.46 bits per heavy atom. The fraction of sp³-hybridized carbons (Fsp3) is 0.500. The Kier molecular flexibility index (Phi) is 2.27. The van der Waals surface area contributed by atoms with Gasteiger partial charge in [-0.15, -0.1) is 0 Å². The number of amides is 1. The number of hydrogen-bond donors (Lipinski definition) is 0. The number of carbonyl (C=O) groups excluding carboxylic acids is 1. The van der Waals surface area contributed by atoms with Crippen molar-refractivity contribution in [3.8, 4) is 0 Å². The van der Waals surface area contributed by atoms with Crippen molar-refractivity contribution in [3.63, 3.8) is 0 Å². The second-order valence-electron chi connectivity index (χ2n) is 2.81. The molecule has 0 atom stereocenters. The predicted molar refractivity (Wildman–Crippen MR) is 42.7 cm³/mol. The Morgan fingerprint density at radius 1 is 1.54 bits per heavy atom. The third kappa shape index (κ3) is 1.70. The van der Waals surface area contributed by atoms with E-state index in [0.717, 1.165) is 12.8 Å². The standard InChI is InChI=1S/C8H10N2O3/c11-8(7-5-9-6-12-7)10-3-1-2-4-13-10/h5-6H,1-4H2. The van der Waals surface area contributed by atoms with Crippen LogP contribution in [-0.2, 0) is 4.84 Å². The van der Waals surface area contributed by atoms with Crippen molar-refractivity contribution >= 4 is 5.91 Å². The lowest BCUT2D eigenvalue weighted by Gasteiger charge is -2.24. The number of carbonyl (C=O) groups is 1. The molecule has 0 unspecified atom stereocenters. The van der Waals surface area contributed by atoms with Crippen molar-refractivity contribution in [1.29, 1.82) is 0 Å². The van der Waals surface area contributed by atoms with Crippen LogP contribution < -0.4 is 0 Å². The van der Waals surface area contributed by atoms with Crippen LogP contribution in [0.3, 0.4) is 0 Å². The summed E-state index contributed by atoms with van der Waals surface area (Å²) < 4.78 is 4.87. The van der Waals surface area contributed by atoms with Gasteiger partial charge in [0.1, 0.15) is 0 Å². The minimum atomic E-state index is -0.253. The molecule has 0 saturated carbocycles. The Hall–Kier alpha value is -1.36. The van der Waals surface area contributed by atoms with Crippen LogP contribution in [0, 0.1) is 0 Å². The molecule has 0 spiro atoms. The van der Waals surface area contributed by atoms with E-state index in [1.54, 1.807) is 0 Å². The quantitative estimate of drug-likeness (QED) is 0.645. The first-order chi connectivity index (χ1) is 6.38. The molecule has 13 heavy (non-hydrogen) atoms. The van der Waals surface area contributed by atoms with Gasteiger partial charge in [0, 0.05) is 6.54 Å². The van der Waals surface area contributed by atoms with Gasteiger partial charge >= 0.3 is 5.91 Å². The molecule has 5 heteroatoms. The minimum Gasteiger partial charge on any atom is -0.438 e.